The fourth-order valence-electron chi connectivity index (χ4n) is 2.76. The van der Waals surface area contributed by atoms with E-state index in [2.05, 4.69) is 4.72 Å². The average Bonchev–Trinajstić information content (AvgIpc) is 3.18. The first kappa shape index (κ1) is 14.5. The summed E-state index contributed by atoms with van der Waals surface area (Å²) in [7, 11) is -3.46. The van der Waals surface area contributed by atoms with Crippen LogP contribution >= 0.6 is 11.6 Å². The summed E-state index contributed by atoms with van der Waals surface area (Å²) < 4.78 is 31.3. The molecule has 0 aliphatic heterocycles. The van der Waals surface area contributed by atoms with Gasteiger partial charge in [0, 0.05) is 11.5 Å². The predicted molar refractivity (Wildman–Crippen MR) is 80.0 cm³/mol. The predicted octanol–water partition coefficient (Wildman–Crippen LogP) is 2.90. The van der Waals surface area contributed by atoms with Crippen molar-refractivity contribution in [3.63, 3.8) is 0 Å². The number of nitrogens with one attached hydrogen (secondary N) is 1. The lowest BCUT2D eigenvalue weighted by Crippen LogP contribution is -2.38. The molecule has 1 aromatic carbocycles. The molecule has 0 amide bonds. The summed E-state index contributed by atoms with van der Waals surface area (Å²) in [4.78, 5) is 0. The third kappa shape index (κ3) is 2.81. The number of hydrogen-bond donors (Lipinski definition) is 1. The summed E-state index contributed by atoms with van der Waals surface area (Å²) in [5.41, 5.74) is 0.772. The lowest BCUT2D eigenvalue weighted by molar-refractivity contribution is 0.0288. The van der Waals surface area contributed by atoms with Gasteiger partial charge in [-0.15, -0.1) is 0 Å². The number of nitrogens with zero attached hydrogens (tertiary/aromatic N) is 1. The first-order valence-corrected chi connectivity index (χ1v) is 8.98. The smallest absolute Gasteiger partial charge is 0.229 e. The standard InChI is InChI=1S/C14H15ClN2O3S/c1-21(18,19)17-11-6-9(8-16)10(15)7-12(11)20-13-2-3-14(13)4-5-14/h6-7,13,17H,2-5H2,1H3. The molecule has 2 aliphatic rings. The molecule has 1 aromatic rings. The van der Waals surface area contributed by atoms with Gasteiger partial charge in [0.25, 0.3) is 0 Å². The summed E-state index contributed by atoms with van der Waals surface area (Å²) in [5.74, 6) is 0.389. The van der Waals surface area contributed by atoms with Crippen molar-refractivity contribution in [3.8, 4) is 11.8 Å². The molecule has 0 aromatic heterocycles. The molecule has 0 heterocycles. The molecule has 1 spiro atoms. The second kappa shape index (κ2) is 4.79. The van der Waals surface area contributed by atoms with Crippen LogP contribution in [-0.4, -0.2) is 20.8 Å². The molecule has 0 saturated heterocycles. The van der Waals surface area contributed by atoms with Crippen LogP contribution in [0.4, 0.5) is 5.69 Å². The van der Waals surface area contributed by atoms with Crippen molar-refractivity contribution in [3.05, 3.63) is 22.7 Å². The van der Waals surface area contributed by atoms with Gasteiger partial charge in [0.05, 0.1) is 22.5 Å². The van der Waals surface area contributed by atoms with E-state index in [4.69, 9.17) is 21.6 Å². The van der Waals surface area contributed by atoms with E-state index in [1.54, 1.807) is 0 Å². The minimum absolute atomic E-state index is 0.113. The van der Waals surface area contributed by atoms with Crippen LogP contribution in [0.2, 0.25) is 5.02 Å². The van der Waals surface area contributed by atoms with Crippen molar-refractivity contribution in [2.45, 2.75) is 31.8 Å². The quantitative estimate of drug-likeness (QED) is 0.922. The van der Waals surface area contributed by atoms with Crippen molar-refractivity contribution >= 4 is 27.3 Å². The molecule has 0 radical (unpaired) electrons. The first-order valence-electron chi connectivity index (χ1n) is 6.71. The second-order valence-corrected chi connectivity index (χ2v) is 7.98. The Bertz CT molecular complexity index is 735. The van der Waals surface area contributed by atoms with Crippen molar-refractivity contribution in [1.29, 1.82) is 5.26 Å². The maximum absolute atomic E-state index is 11.5. The number of halogens is 1. The number of anilines is 1. The van der Waals surface area contributed by atoms with Gasteiger partial charge in [0.2, 0.25) is 10.0 Å². The highest BCUT2D eigenvalue weighted by atomic mass is 35.5. The Morgan fingerprint density at radius 3 is 2.62 bits per heavy atom. The van der Waals surface area contributed by atoms with Crippen LogP contribution in [0.15, 0.2) is 12.1 Å². The molecular formula is C14H15ClN2O3S. The van der Waals surface area contributed by atoms with E-state index >= 15 is 0 Å². The normalized spacial score (nSPS) is 22.2. The molecule has 2 saturated carbocycles. The first-order chi connectivity index (χ1) is 9.83. The molecule has 5 nitrogen and oxygen atoms in total. The molecule has 21 heavy (non-hydrogen) atoms. The van der Waals surface area contributed by atoms with E-state index < -0.39 is 10.0 Å². The van der Waals surface area contributed by atoms with Gasteiger partial charge in [-0.3, -0.25) is 4.72 Å². The fraction of sp³-hybridized carbons (Fsp3) is 0.500. The zero-order valence-corrected chi connectivity index (χ0v) is 13.1. The number of ether oxygens (including phenoxy) is 1. The lowest BCUT2D eigenvalue weighted by atomic mass is 9.78. The van der Waals surface area contributed by atoms with Crippen LogP contribution in [0.3, 0.4) is 0 Å². The topological polar surface area (TPSA) is 79.2 Å². The van der Waals surface area contributed by atoms with E-state index in [-0.39, 0.29) is 22.4 Å². The van der Waals surface area contributed by atoms with Crippen molar-refractivity contribution in [1.82, 2.24) is 0 Å². The molecule has 2 fully saturated rings. The van der Waals surface area contributed by atoms with Gasteiger partial charge >= 0.3 is 0 Å². The summed E-state index contributed by atoms with van der Waals surface area (Å²) in [6.45, 7) is 0. The van der Waals surface area contributed by atoms with Crippen LogP contribution in [0, 0.1) is 16.7 Å². The Balaban J connectivity index is 1.93. The van der Waals surface area contributed by atoms with Crippen molar-refractivity contribution in [2.24, 2.45) is 5.41 Å². The highest BCUT2D eigenvalue weighted by molar-refractivity contribution is 7.92. The third-order valence-electron chi connectivity index (χ3n) is 4.23. The van der Waals surface area contributed by atoms with E-state index in [9.17, 15) is 8.42 Å². The molecule has 1 N–H and O–H groups in total. The van der Waals surface area contributed by atoms with E-state index in [1.165, 1.54) is 12.1 Å². The maximum Gasteiger partial charge on any atom is 0.229 e. The fourth-order valence-corrected chi connectivity index (χ4v) is 3.51. The Morgan fingerprint density at radius 2 is 2.14 bits per heavy atom. The van der Waals surface area contributed by atoms with Crippen LogP contribution in [-0.2, 0) is 10.0 Å². The lowest BCUT2D eigenvalue weighted by Gasteiger charge is -2.37. The minimum Gasteiger partial charge on any atom is -0.488 e. The highest BCUT2D eigenvalue weighted by Gasteiger charge is 2.57. The van der Waals surface area contributed by atoms with Gasteiger partial charge < -0.3 is 4.74 Å². The molecule has 1 unspecified atom stereocenters. The molecular weight excluding hydrogens is 312 g/mol. The third-order valence-corrected chi connectivity index (χ3v) is 5.14. The zero-order valence-electron chi connectivity index (χ0n) is 11.5. The van der Waals surface area contributed by atoms with E-state index in [1.807, 2.05) is 6.07 Å². The van der Waals surface area contributed by atoms with Gasteiger partial charge in [-0.2, -0.15) is 5.26 Å². The number of sulfonamides is 1. The maximum atomic E-state index is 11.5. The largest absolute Gasteiger partial charge is 0.488 e. The minimum atomic E-state index is -3.46. The SMILES string of the molecule is CS(=O)(=O)Nc1cc(C#N)c(Cl)cc1OC1CCC12CC2. The molecule has 112 valence electrons. The zero-order chi connectivity index (χ0) is 15.3. The summed E-state index contributed by atoms with van der Waals surface area (Å²) in [6.07, 6.45) is 5.63. The average molecular weight is 327 g/mol. The van der Waals surface area contributed by atoms with Gasteiger partial charge in [-0.05, 0) is 31.7 Å². The molecule has 1 atom stereocenters. The Labute approximate surface area is 128 Å². The number of benzene rings is 1. The Hall–Kier alpha value is -1.45. The summed E-state index contributed by atoms with van der Waals surface area (Å²) >= 11 is 6.02. The Morgan fingerprint density at radius 1 is 1.43 bits per heavy atom. The van der Waals surface area contributed by atoms with Crippen LogP contribution in [0.1, 0.15) is 31.2 Å². The molecule has 7 heteroatoms. The van der Waals surface area contributed by atoms with Crippen LogP contribution in [0.25, 0.3) is 0 Å². The Kier molecular flexibility index (Phi) is 3.30. The van der Waals surface area contributed by atoms with Crippen molar-refractivity contribution in [2.75, 3.05) is 11.0 Å². The monoisotopic (exact) mass is 326 g/mol. The number of nitriles is 1. The van der Waals surface area contributed by atoms with Gasteiger partial charge in [-0.1, -0.05) is 11.6 Å². The van der Waals surface area contributed by atoms with E-state index in [0.29, 0.717) is 11.2 Å². The van der Waals surface area contributed by atoms with Gasteiger partial charge in [0.15, 0.2) is 0 Å². The summed E-state index contributed by atoms with van der Waals surface area (Å²) in [6, 6.07) is 4.87. The molecule has 0 bridgehead atoms. The molecule has 2 aliphatic carbocycles. The van der Waals surface area contributed by atoms with Crippen LogP contribution < -0.4 is 9.46 Å². The van der Waals surface area contributed by atoms with Crippen LogP contribution in [0.5, 0.6) is 5.75 Å². The second-order valence-electron chi connectivity index (χ2n) is 5.82. The number of hydrogen-bond acceptors (Lipinski definition) is 4. The van der Waals surface area contributed by atoms with E-state index in [0.717, 1.165) is 31.9 Å². The molecule has 3 rings (SSSR count). The summed E-state index contributed by atoms with van der Waals surface area (Å²) in [5, 5.41) is 9.27. The van der Waals surface area contributed by atoms with Crippen molar-refractivity contribution < 1.29 is 13.2 Å². The highest BCUT2D eigenvalue weighted by Crippen LogP contribution is 2.62. The van der Waals surface area contributed by atoms with Gasteiger partial charge in [0.1, 0.15) is 17.9 Å². The van der Waals surface area contributed by atoms with Gasteiger partial charge in [-0.25, -0.2) is 8.42 Å². The number of rotatable bonds is 4.